The molecule has 0 fully saturated rings. The van der Waals surface area contributed by atoms with Gasteiger partial charge >= 0.3 is 5.70 Å². The molecule has 3 amide bonds. The summed E-state index contributed by atoms with van der Waals surface area (Å²) >= 11 is 0. The Labute approximate surface area is 254 Å². The van der Waals surface area contributed by atoms with Gasteiger partial charge in [-0.3, -0.25) is 44.7 Å². The number of non-ortho nitro benzene ring substituents is 1. The molecule has 0 aromatic heterocycles. The van der Waals surface area contributed by atoms with Crippen molar-refractivity contribution in [2.45, 2.75) is 0 Å². The quantitative estimate of drug-likeness (QED) is 0.129. The first-order valence-corrected chi connectivity index (χ1v) is 12.9. The molecule has 15 heteroatoms. The predicted molar refractivity (Wildman–Crippen MR) is 162 cm³/mol. The standard InChI is InChI=1S/C30H24N6O9/c1-2-3-8-26(35(42)43)13-14-31-28(37)21-15-22(29(38)32-19-20-6-4-9-25(12-11-20)34(40)41)17-23(16-21)30(39)33-24-7-5-10-27(18-24)36(44)45/h2-11,13,15-18H,1,14,19H2,(H,31,37)(H,32,38)(H,33,39)/b8-3-,26-13+. The van der Waals surface area contributed by atoms with Crippen LogP contribution in [0.1, 0.15) is 31.1 Å². The summed E-state index contributed by atoms with van der Waals surface area (Å²) in [5, 5.41) is 40.9. The van der Waals surface area contributed by atoms with E-state index in [-0.39, 0.29) is 52.5 Å². The first kappa shape index (κ1) is 32.8. The third-order valence-electron chi connectivity index (χ3n) is 5.84. The van der Waals surface area contributed by atoms with E-state index in [1.54, 1.807) is 0 Å². The second-order valence-electron chi connectivity index (χ2n) is 8.97. The number of nitrogens with one attached hydrogen (secondary N) is 3. The van der Waals surface area contributed by atoms with E-state index >= 15 is 0 Å². The summed E-state index contributed by atoms with van der Waals surface area (Å²) in [6.07, 6.45) is 10.5. The number of nitro groups is 3. The monoisotopic (exact) mass is 612 g/mol. The minimum atomic E-state index is -0.790. The second kappa shape index (κ2) is 15.5. The number of carbonyl (C=O) groups is 3. The van der Waals surface area contributed by atoms with Crippen LogP contribution in [0.3, 0.4) is 0 Å². The van der Waals surface area contributed by atoms with Gasteiger partial charge in [0.05, 0.1) is 14.8 Å². The van der Waals surface area contributed by atoms with E-state index in [9.17, 15) is 44.7 Å². The lowest BCUT2D eigenvalue weighted by atomic mass is 10.0. The van der Waals surface area contributed by atoms with Gasteiger partial charge < -0.3 is 16.0 Å². The highest BCUT2D eigenvalue weighted by Gasteiger charge is 2.18. The Bertz CT molecular complexity index is 1780. The van der Waals surface area contributed by atoms with E-state index in [0.717, 1.165) is 12.1 Å². The molecule has 0 spiro atoms. The summed E-state index contributed by atoms with van der Waals surface area (Å²) < 4.78 is 0. The van der Waals surface area contributed by atoms with Gasteiger partial charge in [-0.05, 0) is 41.6 Å². The van der Waals surface area contributed by atoms with Crippen molar-refractivity contribution in [1.29, 1.82) is 0 Å². The molecule has 0 atom stereocenters. The molecule has 1 aliphatic carbocycles. The van der Waals surface area contributed by atoms with Gasteiger partial charge in [-0.25, -0.2) is 0 Å². The van der Waals surface area contributed by atoms with Gasteiger partial charge in [0.1, 0.15) is 0 Å². The van der Waals surface area contributed by atoms with Gasteiger partial charge in [0.2, 0.25) is 0 Å². The van der Waals surface area contributed by atoms with Gasteiger partial charge in [-0.2, -0.15) is 0 Å². The summed E-state index contributed by atoms with van der Waals surface area (Å²) in [7, 11) is 0. The van der Waals surface area contributed by atoms with Crippen molar-refractivity contribution in [2.24, 2.45) is 0 Å². The molecule has 0 unspecified atom stereocenters. The van der Waals surface area contributed by atoms with Crippen molar-refractivity contribution in [3.63, 3.8) is 0 Å². The van der Waals surface area contributed by atoms with Crippen LogP contribution in [0.15, 0.2) is 120 Å². The predicted octanol–water partition coefficient (Wildman–Crippen LogP) is 4.02. The molecule has 0 heterocycles. The van der Waals surface area contributed by atoms with Crippen molar-refractivity contribution in [2.75, 3.05) is 18.4 Å². The molecule has 15 nitrogen and oxygen atoms in total. The molecular weight excluding hydrogens is 588 g/mol. The second-order valence-corrected chi connectivity index (χ2v) is 8.97. The first-order chi connectivity index (χ1) is 21.5. The Morgan fingerprint density at radius 1 is 0.889 bits per heavy atom. The third-order valence-corrected chi connectivity index (χ3v) is 5.84. The van der Waals surface area contributed by atoms with E-state index in [4.69, 9.17) is 0 Å². The third kappa shape index (κ3) is 9.66. The van der Waals surface area contributed by atoms with Crippen molar-refractivity contribution in [3.8, 4) is 0 Å². The molecule has 3 N–H and O–H groups in total. The Balaban J connectivity index is 1.89. The zero-order chi connectivity index (χ0) is 32.9. The van der Waals surface area contributed by atoms with Crippen LogP contribution in [0.5, 0.6) is 0 Å². The maximum atomic E-state index is 13.1. The summed E-state index contributed by atoms with van der Waals surface area (Å²) in [6.45, 7) is 3.09. The largest absolute Gasteiger partial charge is 0.348 e. The highest BCUT2D eigenvalue weighted by atomic mass is 16.6. The molecule has 0 aliphatic heterocycles. The summed E-state index contributed by atoms with van der Waals surface area (Å²) in [6, 6.07) is 8.72. The molecule has 0 radical (unpaired) electrons. The van der Waals surface area contributed by atoms with Crippen LogP contribution < -0.4 is 16.0 Å². The molecule has 0 saturated heterocycles. The zero-order valence-corrected chi connectivity index (χ0v) is 23.3. The first-order valence-electron chi connectivity index (χ1n) is 12.9. The van der Waals surface area contributed by atoms with Gasteiger partial charge in [0.25, 0.3) is 29.1 Å². The van der Waals surface area contributed by atoms with Gasteiger partial charge in [0.15, 0.2) is 0 Å². The lowest BCUT2D eigenvalue weighted by Crippen LogP contribution is -2.28. The average molecular weight is 613 g/mol. The van der Waals surface area contributed by atoms with Crippen LogP contribution in [-0.4, -0.2) is 45.6 Å². The van der Waals surface area contributed by atoms with Crippen LogP contribution in [0.25, 0.3) is 0 Å². The number of rotatable bonds is 13. The van der Waals surface area contributed by atoms with Crippen molar-refractivity contribution < 1.29 is 29.2 Å². The Morgan fingerprint density at radius 3 is 2.18 bits per heavy atom. The van der Waals surface area contributed by atoms with Crippen molar-refractivity contribution in [3.05, 3.63) is 167 Å². The lowest BCUT2D eigenvalue weighted by Gasteiger charge is -2.11. The van der Waals surface area contributed by atoms with Gasteiger partial charge in [0, 0.05) is 65.8 Å². The van der Waals surface area contributed by atoms with Crippen LogP contribution >= 0.6 is 0 Å². The summed E-state index contributed by atoms with van der Waals surface area (Å²) in [4.78, 5) is 70.6. The number of carbonyl (C=O) groups excluding carboxylic acids is 3. The van der Waals surface area contributed by atoms with Crippen LogP contribution in [-0.2, 0) is 0 Å². The number of hydrogen-bond donors (Lipinski definition) is 3. The molecule has 2 aromatic carbocycles. The topological polar surface area (TPSA) is 217 Å². The zero-order valence-electron chi connectivity index (χ0n) is 23.3. The van der Waals surface area contributed by atoms with Gasteiger partial charge in [-0.1, -0.05) is 36.9 Å². The lowest BCUT2D eigenvalue weighted by molar-refractivity contribution is -0.419. The molecule has 1 aliphatic rings. The number of nitro benzene ring substituents is 1. The molecule has 0 saturated carbocycles. The number of allylic oxidation sites excluding steroid dienone is 5. The normalized spacial score (nSPS) is 12.4. The SMILES string of the molecule is C=C/C=C\C(=C/CNC(=O)c1cc(C(=O)NCC2=CC=CC([N+](=O)[O-])=C=C2)cc(C(=O)Nc2cccc([N+](=O)[O-])c2)c1)[N+](=O)[O-]. The van der Waals surface area contributed by atoms with E-state index in [1.165, 1.54) is 78.9 Å². The fourth-order valence-corrected chi connectivity index (χ4v) is 3.68. The maximum absolute atomic E-state index is 13.1. The van der Waals surface area contributed by atoms with E-state index in [0.29, 0.717) is 5.57 Å². The number of anilines is 1. The molecule has 2 aromatic rings. The smallest absolute Gasteiger partial charge is 0.311 e. The number of hydrogen-bond acceptors (Lipinski definition) is 9. The van der Waals surface area contributed by atoms with Crippen molar-refractivity contribution in [1.82, 2.24) is 10.6 Å². The Kier molecular flexibility index (Phi) is 11.3. The molecule has 228 valence electrons. The number of benzene rings is 2. The van der Waals surface area contributed by atoms with E-state index in [2.05, 4.69) is 28.3 Å². The van der Waals surface area contributed by atoms with Crippen LogP contribution in [0.2, 0.25) is 0 Å². The maximum Gasteiger partial charge on any atom is 0.311 e. The minimum Gasteiger partial charge on any atom is -0.348 e. The van der Waals surface area contributed by atoms with Crippen LogP contribution in [0.4, 0.5) is 11.4 Å². The minimum absolute atomic E-state index is 0.0838. The Morgan fingerprint density at radius 2 is 1.56 bits per heavy atom. The number of nitrogens with zero attached hydrogens (tertiary/aromatic N) is 3. The van der Waals surface area contributed by atoms with E-state index in [1.807, 2.05) is 0 Å². The molecular formula is C30H24N6O9. The number of amides is 3. The van der Waals surface area contributed by atoms with E-state index < -0.39 is 32.5 Å². The highest BCUT2D eigenvalue weighted by Crippen LogP contribution is 2.19. The highest BCUT2D eigenvalue weighted by molar-refractivity contribution is 6.09. The fourth-order valence-electron chi connectivity index (χ4n) is 3.68. The van der Waals surface area contributed by atoms with Crippen molar-refractivity contribution >= 4 is 29.1 Å². The van der Waals surface area contributed by atoms with Gasteiger partial charge in [-0.15, -0.1) is 0 Å². The molecule has 45 heavy (non-hydrogen) atoms. The summed E-state index contributed by atoms with van der Waals surface area (Å²) in [5.74, 6) is -2.26. The molecule has 0 bridgehead atoms. The average Bonchev–Trinajstić information content (AvgIpc) is 3.27. The Hall–Kier alpha value is -6.73. The summed E-state index contributed by atoms with van der Waals surface area (Å²) in [5.41, 5.74) is 1.80. The van der Waals surface area contributed by atoms with Crippen LogP contribution in [0, 0.1) is 30.3 Å². The fraction of sp³-hybridized carbons (Fsp3) is 0.0667. The molecule has 3 rings (SSSR count).